The molecular formula is C24H49NO4. The number of nitrogens with zero attached hydrogens (tertiary/aromatic N) is 1. The minimum absolute atomic E-state index is 0.211. The molecule has 0 aliphatic carbocycles. The van der Waals surface area contributed by atoms with Crippen LogP contribution in [0.5, 0.6) is 0 Å². The number of likely N-dealkylation sites (N-methyl/N-ethyl adjacent to an activating group) is 1. The predicted octanol–water partition coefficient (Wildman–Crippen LogP) is 6.44. The second kappa shape index (κ2) is 24.9. The maximum absolute atomic E-state index is 10.3. The van der Waals surface area contributed by atoms with Gasteiger partial charge in [-0.15, -0.1) is 0 Å². The summed E-state index contributed by atoms with van der Waals surface area (Å²) in [5, 5.41) is 8.52. The molecule has 29 heavy (non-hydrogen) atoms. The van der Waals surface area contributed by atoms with Gasteiger partial charge in [-0.3, -0.25) is 9.59 Å². The van der Waals surface area contributed by atoms with Crippen LogP contribution in [0.15, 0.2) is 0 Å². The highest BCUT2D eigenvalue weighted by molar-refractivity contribution is 5.66. The van der Waals surface area contributed by atoms with Crippen LogP contribution in [0.25, 0.3) is 0 Å². The summed E-state index contributed by atoms with van der Waals surface area (Å²) in [6.45, 7) is 4.96. The number of carbonyl (C=O) groups is 2. The smallest absolute Gasteiger partial charge is 0.303 e. The molecule has 5 heteroatoms. The summed E-state index contributed by atoms with van der Waals surface area (Å²) in [6, 6.07) is 0. The van der Waals surface area contributed by atoms with E-state index in [1.807, 2.05) is 19.0 Å². The van der Waals surface area contributed by atoms with Gasteiger partial charge in [-0.25, -0.2) is 0 Å². The molecule has 0 radical (unpaired) electrons. The first-order valence-corrected chi connectivity index (χ1v) is 11.9. The highest BCUT2D eigenvalue weighted by Gasteiger charge is 1.97. The van der Waals surface area contributed by atoms with Crippen LogP contribution < -0.4 is 0 Å². The van der Waals surface area contributed by atoms with Crippen LogP contribution in [0.3, 0.4) is 0 Å². The summed E-state index contributed by atoms with van der Waals surface area (Å²) in [5.41, 5.74) is 0. The van der Waals surface area contributed by atoms with Crippen LogP contribution in [0, 0.1) is 0 Å². The highest BCUT2D eigenvalue weighted by Crippen LogP contribution is 2.13. The average molecular weight is 416 g/mol. The van der Waals surface area contributed by atoms with Crippen molar-refractivity contribution in [3.05, 3.63) is 0 Å². The van der Waals surface area contributed by atoms with Gasteiger partial charge >= 0.3 is 11.9 Å². The number of rotatable bonds is 19. The zero-order valence-electron chi connectivity index (χ0n) is 19.8. The standard InChI is InChI=1S/C18H36O2.C6H13NO2/c1-2-3-4-5-6-7-8-9-10-11-12-13-14-15-16-17-18(19)20;1-6(8)9-5-4-7(2)3/h2-17H2,1H3,(H,19,20);4-5H2,1-3H3. The molecular weight excluding hydrogens is 366 g/mol. The molecule has 0 bridgehead atoms. The lowest BCUT2D eigenvalue weighted by Gasteiger charge is -2.07. The lowest BCUT2D eigenvalue weighted by atomic mass is 10.0. The second-order valence-electron chi connectivity index (χ2n) is 8.24. The van der Waals surface area contributed by atoms with Crippen molar-refractivity contribution in [2.75, 3.05) is 27.2 Å². The van der Waals surface area contributed by atoms with Crippen molar-refractivity contribution in [1.29, 1.82) is 0 Å². The Balaban J connectivity index is 0. The van der Waals surface area contributed by atoms with Crippen molar-refractivity contribution in [3.8, 4) is 0 Å². The second-order valence-corrected chi connectivity index (χ2v) is 8.24. The Kier molecular flexibility index (Phi) is 25.9. The Bertz CT molecular complexity index is 359. The van der Waals surface area contributed by atoms with E-state index >= 15 is 0 Å². The molecule has 0 saturated carbocycles. The van der Waals surface area contributed by atoms with E-state index < -0.39 is 5.97 Å². The fourth-order valence-electron chi connectivity index (χ4n) is 3.02. The number of hydrogen-bond donors (Lipinski definition) is 1. The van der Waals surface area contributed by atoms with E-state index in [1.54, 1.807) is 0 Å². The third-order valence-electron chi connectivity index (χ3n) is 4.84. The summed E-state index contributed by atoms with van der Waals surface area (Å²) < 4.78 is 4.67. The maximum atomic E-state index is 10.3. The molecule has 0 aromatic heterocycles. The van der Waals surface area contributed by atoms with Gasteiger partial charge < -0.3 is 14.7 Å². The van der Waals surface area contributed by atoms with Crippen molar-refractivity contribution in [2.24, 2.45) is 0 Å². The van der Waals surface area contributed by atoms with Crippen molar-refractivity contribution in [3.63, 3.8) is 0 Å². The first-order chi connectivity index (χ1) is 13.9. The average Bonchev–Trinajstić information content (AvgIpc) is 2.64. The van der Waals surface area contributed by atoms with E-state index in [2.05, 4.69) is 11.7 Å². The summed E-state index contributed by atoms with van der Waals surface area (Å²) in [4.78, 5) is 22.5. The summed E-state index contributed by atoms with van der Waals surface area (Å²) >= 11 is 0. The molecule has 0 rings (SSSR count). The minimum Gasteiger partial charge on any atom is -0.481 e. The van der Waals surface area contributed by atoms with E-state index in [0.717, 1.165) is 19.4 Å². The zero-order valence-corrected chi connectivity index (χ0v) is 19.8. The first kappa shape index (κ1) is 30.1. The number of hydrogen-bond acceptors (Lipinski definition) is 4. The molecule has 5 nitrogen and oxygen atoms in total. The molecule has 0 atom stereocenters. The van der Waals surface area contributed by atoms with E-state index in [4.69, 9.17) is 5.11 Å². The monoisotopic (exact) mass is 415 g/mol. The first-order valence-electron chi connectivity index (χ1n) is 11.9. The molecule has 0 unspecified atom stereocenters. The molecule has 0 fully saturated rings. The van der Waals surface area contributed by atoms with Crippen LogP contribution in [-0.2, 0) is 14.3 Å². The Morgan fingerprint density at radius 3 is 1.41 bits per heavy atom. The quantitative estimate of drug-likeness (QED) is 0.194. The number of carbonyl (C=O) groups excluding carboxylic acids is 1. The molecule has 0 aliphatic rings. The third kappa shape index (κ3) is 34.8. The molecule has 174 valence electrons. The Morgan fingerprint density at radius 2 is 1.10 bits per heavy atom. The zero-order chi connectivity index (χ0) is 22.2. The fourth-order valence-corrected chi connectivity index (χ4v) is 3.02. The van der Waals surface area contributed by atoms with E-state index in [9.17, 15) is 9.59 Å². The molecule has 0 saturated heterocycles. The number of ether oxygens (including phenoxy) is 1. The van der Waals surface area contributed by atoms with Gasteiger partial charge in [0.25, 0.3) is 0 Å². The molecule has 0 aliphatic heterocycles. The number of carboxylic acids is 1. The van der Waals surface area contributed by atoms with Gasteiger partial charge in [0.2, 0.25) is 0 Å². The van der Waals surface area contributed by atoms with Crippen molar-refractivity contribution >= 4 is 11.9 Å². The van der Waals surface area contributed by atoms with Crippen molar-refractivity contribution in [1.82, 2.24) is 4.90 Å². The summed E-state index contributed by atoms with van der Waals surface area (Å²) in [7, 11) is 3.87. The van der Waals surface area contributed by atoms with Crippen LogP contribution in [0.4, 0.5) is 0 Å². The van der Waals surface area contributed by atoms with Gasteiger partial charge in [-0.2, -0.15) is 0 Å². The van der Waals surface area contributed by atoms with E-state index in [0.29, 0.717) is 13.0 Å². The van der Waals surface area contributed by atoms with Crippen LogP contribution in [0.1, 0.15) is 117 Å². The van der Waals surface area contributed by atoms with Crippen LogP contribution in [-0.4, -0.2) is 49.2 Å². The molecule has 0 aromatic rings. The van der Waals surface area contributed by atoms with Crippen molar-refractivity contribution < 1.29 is 19.4 Å². The number of esters is 1. The Hall–Kier alpha value is -1.10. The van der Waals surface area contributed by atoms with Gasteiger partial charge in [-0.1, -0.05) is 96.8 Å². The third-order valence-corrected chi connectivity index (χ3v) is 4.84. The molecule has 0 spiro atoms. The number of carboxylic acid groups (broad SMARTS) is 1. The minimum atomic E-state index is -0.653. The Labute approximate surface area is 180 Å². The summed E-state index contributed by atoms with van der Waals surface area (Å²) in [6.07, 6.45) is 20.2. The molecule has 0 amide bonds. The Morgan fingerprint density at radius 1 is 0.724 bits per heavy atom. The summed E-state index contributed by atoms with van der Waals surface area (Å²) in [5.74, 6) is -0.864. The number of unbranched alkanes of at least 4 members (excludes halogenated alkanes) is 14. The highest BCUT2D eigenvalue weighted by atomic mass is 16.5. The predicted molar refractivity (Wildman–Crippen MR) is 122 cm³/mol. The SMILES string of the molecule is CC(=O)OCCN(C)C.CCCCCCCCCCCCCCCCCC(=O)O. The van der Waals surface area contributed by atoms with Gasteiger partial charge in [-0.05, 0) is 20.5 Å². The van der Waals surface area contributed by atoms with Gasteiger partial charge in [0.15, 0.2) is 0 Å². The topological polar surface area (TPSA) is 66.8 Å². The van der Waals surface area contributed by atoms with Crippen LogP contribution >= 0.6 is 0 Å². The van der Waals surface area contributed by atoms with Crippen molar-refractivity contribution in [2.45, 2.75) is 117 Å². The van der Waals surface area contributed by atoms with Crippen LogP contribution in [0.2, 0.25) is 0 Å². The lowest BCUT2D eigenvalue weighted by Crippen LogP contribution is -2.19. The fraction of sp³-hybridized carbons (Fsp3) is 0.917. The largest absolute Gasteiger partial charge is 0.481 e. The van der Waals surface area contributed by atoms with E-state index in [-0.39, 0.29) is 5.97 Å². The number of aliphatic carboxylic acids is 1. The van der Waals surface area contributed by atoms with Gasteiger partial charge in [0.05, 0.1) is 0 Å². The lowest BCUT2D eigenvalue weighted by molar-refractivity contribution is -0.141. The van der Waals surface area contributed by atoms with E-state index in [1.165, 1.54) is 90.4 Å². The normalized spacial score (nSPS) is 10.5. The van der Waals surface area contributed by atoms with Gasteiger partial charge in [0, 0.05) is 19.9 Å². The molecule has 1 N–H and O–H groups in total. The maximum Gasteiger partial charge on any atom is 0.303 e. The molecule has 0 heterocycles. The van der Waals surface area contributed by atoms with Gasteiger partial charge in [0.1, 0.15) is 6.61 Å². The molecule has 0 aromatic carbocycles.